The fraction of sp³-hybridized carbons (Fsp3) is 0.333. The van der Waals surface area contributed by atoms with Crippen molar-refractivity contribution >= 4 is 34.8 Å². The molecule has 1 amide bonds. The predicted octanol–water partition coefficient (Wildman–Crippen LogP) is 5.74. The monoisotopic (exact) mass is 513 g/mol. The molecule has 0 unspecified atom stereocenters. The molecular weight excluding hydrogens is 488 g/mol. The van der Waals surface area contributed by atoms with Crippen LogP contribution in [-0.2, 0) is 16.8 Å². The fourth-order valence-electron chi connectivity index (χ4n) is 5.11. The lowest BCUT2D eigenvalue weighted by Gasteiger charge is -2.40. The number of aromatic nitrogens is 1. The highest BCUT2D eigenvalue weighted by atomic mass is 35.5. The number of fused-ring (bicyclic) bond motifs is 2. The lowest BCUT2D eigenvalue weighted by Crippen LogP contribution is -2.46. The average molecular weight is 514 g/mol. The van der Waals surface area contributed by atoms with Crippen LogP contribution in [0.5, 0.6) is 0 Å². The molecular formula is C27H26Cl2FN3O2. The lowest BCUT2D eigenvalue weighted by atomic mass is 9.74. The topological polar surface area (TPSA) is 45.7 Å². The van der Waals surface area contributed by atoms with E-state index in [1.54, 1.807) is 30.5 Å². The Labute approximate surface area is 214 Å². The number of carbonyl (C=O) groups excluding carboxylic acids is 1. The summed E-state index contributed by atoms with van der Waals surface area (Å²) in [6.45, 7) is 4.36. The second-order valence-corrected chi connectivity index (χ2v) is 10.0. The zero-order chi connectivity index (χ0) is 24.4. The summed E-state index contributed by atoms with van der Waals surface area (Å²) in [7, 11) is 0. The molecule has 35 heavy (non-hydrogen) atoms. The summed E-state index contributed by atoms with van der Waals surface area (Å²) >= 11 is 12.4. The molecule has 182 valence electrons. The Morgan fingerprint density at radius 1 is 1.06 bits per heavy atom. The van der Waals surface area contributed by atoms with Gasteiger partial charge in [-0.3, -0.25) is 4.79 Å². The number of hydrogen-bond acceptors (Lipinski definition) is 4. The number of pyridine rings is 1. The molecule has 8 heteroatoms. The minimum absolute atomic E-state index is 0.0774. The number of rotatable bonds is 6. The van der Waals surface area contributed by atoms with E-state index in [0.717, 1.165) is 49.3 Å². The number of likely N-dealkylation sites (tertiary alicyclic amines) is 1. The Kier molecular flexibility index (Phi) is 7.07. The van der Waals surface area contributed by atoms with Crippen LogP contribution in [0.15, 0.2) is 60.8 Å². The van der Waals surface area contributed by atoms with Crippen molar-refractivity contribution in [3.8, 4) is 0 Å². The molecule has 0 saturated carbocycles. The highest BCUT2D eigenvalue weighted by Gasteiger charge is 2.46. The number of ether oxygens (including phenoxy) is 1. The molecule has 5 nitrogen and oxygen atoms in total. The fourth-order valence-corrected chi connectivity index (χ4v) is 5.46. The van der Waals surface area contributed by atoms with Gasteiger partial charge in [0, 0.05) is 41.0 Å². The molecule has 1 fully saturated rings. The maximum Gasteiger partial charge on any atom is 0.258 e. The van der Waals surface area contributed by atoms with Crippen LogP contribution in [0.3, 0.4) is 0 Å². The van der Waals surface area contributed by atoms with Crippen LogP contribution in [0.2, 0.25) is 10.2 Å². The van der Waals surface area contributed by atoms with Crippen LogP contribution in [0, 0.1) is 5.82 Å². The van der Waals surface area contributed by atoms with E-state index in [1.807, 2.05) is 23.1 Å². The van der Waals surface area contributed by atoms with E-state index in [1.165, 1.54) is 12.1 Å². The zero-order valence-electron chi connectivity index (χ0n) is 19.2. The van der Waals surface area contributed by atoms with E-state index in [4.69, 9.17) is 27.9 Å². The molecule has 0 atom stereocenters. The van der Waals surface area contributed by atoms with Crippen molar-refractivity contribution < 1.29 is 13.9 Å². The van der Waals surface area contributed by atoms with E-state index >= 15 is 0 Å². The van der Waals surface area contributed by atoms with Gasteiger partial charge in [0.25, 0.3) is 5.91 Å². The first-order valence-electron chi connectivity index (χ1n) is 11.7. The standard InChI is InChI=1S/C27H26Cl2FN3O2/c28-21-3-6-24-23(16-21)27(18-33(24)26(34)20-7-10-31-25(29)15-20)8-11-32(12-9-27)13-14-35-17-19-1-4-22(30)5-2-19/h1-7,10,15-16H,8-9,11-14,17-18H2. The van der Waals surface area contributed by atoms with Crippen molar-refractivity contribution in [1.82, 2.24) is 9.88 Å². The Morgan fingerprint density at radius 3 is 2.57 bits per heavy atom. The molecule has 2 aliphatic heterocycles. The molecule has 2 aromatic carbocycles. The summed E-state index contributed by atoms with van der Waals surface area (Å²) in [5, 5.41) is 0.983. The van der Waals surface area contributed by atoms with Crippen LogP contribution < -0.4 is 4.90 Å². The number of nitrogens with zero attached hydrogens (tertiary/aromatic N) is 3. The third kappa shape index (κ3) is 5.21. The van der Waals surface area contributed by atoms with Gasteiger partial charge >= 0.3 is 0 Å². The number of piperidine rings is 1. The summed E-state index contributed by atoms with van der Waals surface area (Å²) in [5.74, 6) is -0.318. The van der Waals surface area contributed by atoms with Crippen LogP contribution in [0.4, 0.5) is 10.1 Å². The first kappa shape index (κ1) is 24.2. The number of halogens is 3. The predicted molar refractivity (Wildman–Crippen MR) is 136 cm³/mol. The molecule has 1 saturated heterocycles. The van der Waals surface area contributed by atoms with Crippen LogP contribution in [-0.4, -0.2) is 48.6 Å². The van der Waals surface area contributed by atoms with E-state index < -0.39 is 0 Å². The molecule has 5 rings (SSSR count). The van der Waals surface area contributed by atoms with Crippen molar-refractivity contribution in [2.75, 3.05) is 37.7 Å². The Morgan fingerprint density at radius 2 is 1.83 bits per heavy atom. The van der Waals surface area contributed by atoms with Gasteiger partial charge in [0.2, 0.25) is 0 Å². The van der Waals surface area contributed by atoms with Gasteiger partial charge in [-0.25, -0.2) is 9.37 Å². The number of carbonyl (C=O) groups is 1. The minimum atomic E-state index is -0.240. The summed E-state index contributed by atoms with van der Waals surface area (Å²) in [5.41, 5.74) is 3.43. The SMILES string of the molecule is O=C(c1ccnc(Cl)c1)N1CC2(CCN(CCOCc3ccc(F)cc3)CC2)c2cc(Cl)ccc21. The van der Waals surface area contributed by atoms with Crippen LogP contribution in [0.1, 0.15) is 34.3 Å². The second kappa shape index (κ2) is 10.2. The molecule has 2 aliphatic rings. The summed E-state index contributed by atoms with van der Waals surface area (Å²) in [6, 6.07) is 15.5. The maximum absolute atomic E-state index is 13.4. The third-order valence-corrected chi connectivity index (χ3v) is 7.49. The normalized spacial score (nSPS) is 17.1. The van der Waals surface area contributed by atoms with E-state index in [-0.39, 0.29) is 17.1 Å². The van der Waals surface area contributed by atoms with Crippen molar-refractivity contribution in [3.63, 3.8) is 0 Å². The van der Waals surface area contributed by atoms with Gasteiger partial charge in [-0.2, -0.15) is 0 Å². The summed E-state index contributed by atoms with van der Waals surface area (Å²) in [6.07, 6.45) is 3.42. The third-order valence-electron chi connectivity index (χ3n) is 7.05. The minimum Gasteiger partial charge on any atom is -0.375 e. The lowest BCUT2D eigenvalue weighted by molar-refractivity contribution is 0.0753. The Bertz CT molecular complexity index is 1210. The van der Waals surface area contributed by atoms with Gasteiger partial charge in [0.05, 0.1) is 13.2 Å². The van der Waals surface area contributed by atoms with Gasteiger partial charge in [-0.15, -0.1) is 0 Å². The molecule has 0 radical (unpaired) electrons. The second-order valence-electron chi connectivity index (χ2n) is 9.22. The van der Waals surface area contributed by atoms with Crippen molar-refractivity contribution in [2.45, 2.75) is 24.9 Å². The number of hydrogen-bond donors (Lipinski definition) is 0. The largest absolute Gasteiger partial charge is 0.375 e. The van der Waals surface area contributed by atoms with Gasteiger partial charge in [0.1, 0.15) is 11.0 Å². The molecule has 0 N–H and O–H groups in total. The maximum atomic E-state index is 13.4. The number of benzene rings is 2. The first-order chi connectivity index (χ1) is 16.9. The molecule has 0 bridgehead atoms. The van der Waals surface area contributed by atoms with Crippen molar-refractivity contribution in [3.05, 3.63) is 93.5 Å². The van der Waals surface area contributed by atoms with Gasteiger partial charge in [-0.05, 0) is 79.5 Å². The molecule has 0 aliphatic carbocycles. The van der Waals surface area contributed by atoms with Crippen LogP contribution >= 0.6 is 23.2 Å². The summed E-state index contributed by atoms with van der Waals surface area (Å²) in [4.78, 5) is 21.7. The van der Waals surface area contributed by atoms with Crippen LogP contribution in [0.25, 0.3) is 0 Å². The van der Waals surface area contributed by atoms with Crippen molar-refractivity contribution in [1.29, 1.82) is 0 Å². The van der Waals surface area contributed by atoms with E-state index in [2.05, 4.69) is 9.88 Å². The van der Waals surface area contributed by atoms with Gasteiger partial charge < -0.3 is 14.5 Å². The first-order valence-corrected chi connectivity index (χ1v) is 12.5. The van der Waals surface area contributed by atoms with Crippen molar-refractivity contribution in [2.24, 2.45) is 0 Å². The van der Waals surface area contributed by atoms with E-state index in [9.17, 15) is 9.18 Å². The zero-order valence-corrected chi connectivity index (χ0v) is 20.7. The van der Waals surface area contributed by atoms with Gasteiger partial charge in [-0.1, -0.05) is 35.3 Å². The highest BCUT2D eigenvalue weighted by Crippen LogP contribution is 2.48. The Balaban J connectivity index is 1.23. The smallest absolute Gasteiger partial charge is 0.258 e. The highest BCUT2D eigenvalue weighted by molar-refractivity contribution is 6.31. The quantitative estimate of drug-likeness (QED) is 0.311. The average Bonchev–Trinajstić information content (AvgIpc) is 3.16. The Hall–Kier alpha value is -2.51. The summed E-state index contributed by atoms with van der Waals surface area (Å²) < 4.78 is 18.9. The molecule has 3 aromatic rings. The van der Waals surface area contributed by atoms with E-state index in [0.29, 0.717) is 35.5 Å². The molecule has 3 heterocycles. The number of amides is 1. The van der Waals surface area contributed by atoms with Gasteiger partial charge in [0.15, 0.2) is 0 Å². The molecule has 1 spiro atoms. The molecule has 1 aromatic heterocycles. The number of anilines is 1.